The fraction of sp³-hybridized carbons (Fsp3) is 0. The summed E-state index contributed by atoms with van der Waals surface area (Å²) in [6.07, 6.45) is 0. The van der Waals surface area contributed by atoms with E-state index in [1.54, 1.807) is 28.2 Å². The first-order chi connectivity index (χ1) is 9.74. The number of hydrogen-bond donors (Lipinski definition) is 0. The smallest absolute Gasteiger partial charge is 0.0827 e. The van der Waals surface area contributed by atoms with Crippen LogP contribution in [-0.4, -0.2) is 9.97 Å². The van der Waals surface area contributed by atoms with Gasteiger partial charge in [0.05, 0.1) is 36.5 Å². The van der Waals surface area contributed by atoms with Crippen molar-refractivity contribution in [3.05, 3.63) is 57.5 Å². The number of hydrogen-bond acceptors (Lipinski definition) is 4. The SMILES string of the molecule is Clc1ccc2ncsc2c1.Clc1cccc2ncsc12. The Balaban J connectivity index is 0.000000121. The molecule has 0 fully saturated rings. The number of benzene rings is 2. The second kappa shape index (κ2) is 6.06. The van der Waals surface area contributed by atoms with E-state index in [2.05, 4.69) is 9.97 Å². The summed E-state index contributed by atoms with van der Waals surface area (Å²) < 4.78 is 2.22. The lowest BCUT2D eigenvalue weighted by atomic mass is 10.3. The van der Waals surface area contributed by atoms with Gasteiger partial charge in [0.25, 0.3) is 0 Å². The molecule has 0 N–H and O–H groups in total. The molecule has 0 aliphatic carbocycles. The average Bonchev–Trinajstić information content (AvgIpc) is 3.07. The number of rotatable bonds is 0. The number of nitrogens with zero attached hydrogens (tertiary/aromatic N) is 2. The van der Waals surface area contributed by atoms with Crippen LogP contribution in [0.1, 0.15) is 0 Å². The highest BCUT2D eigenvalue weighted by molar-refractivity contribution is 7.17. The summed E-state index contributed by atoms with van der Waals surface area (Å²) in [6, 6.07) is 11.4. The number of fused-ring (bicyclic) bond motifs is 2. The van der Waals surface area contributed by atoms with Gasteiger partial charge in [-0.2, -0.15) is 0 Å². The summed E-state index contributed by atoms with van der Waals surface area (Å²) in [5.41, 5.74) is 5.63. The van der Waals surface area contributed by atoms with E-state index in [1.165, 1.54) is 0 Å². The Labute approximate surface area is 133 Å². The van der Waals surface area contributed by atoms with Crippen LogP contribution < -0.4 is 0 Å². The van der Waals surface area contributed by atoms with Gasteiger partial charge in [-0.3, -0.25) is 0 Å². The van der Waals surface area contributed by atoms with Gasteiger partial charge in [-0.25, -0.2) is 9.97 Å². The van der Waals surface area contributed by atoms with Gasteiger partial charge in [-0.05, 0) is 30.3 Å². The predicted molar refractivity (Wildman–Crippen MR) is 89.3 cm³/mol. The van der Waals surface area contributed by atoms with E-state index in [4.69, 9.17) is 23.2 Å². The highest BCUT2D eigenvalue weighted by Gasteiger charge is 1.98. The predicted octanol–water partition coefficient (Wildman–Crippen LogP) is 5.90. The van der Waals surface area contributed by atoms with Gasteiger partial charge in [0.1, 0.15) is 0 Å². The topological polar surface area (TPSA) is 25.8 Å². The molecule has 20 heavy (non-hydrogen) atoms. The molecule has 0 aliphatic heterocycles. The lowest BCUT2D eigenvalue weighted by molar-refractivity contribution is 1.50. The molecule has 0 saturated heterocycles. The maximum absolute atomic E-state index is 5.87. The molecule has 0 atom stereocenters. The van der Waals surface area contributed by atoms with E-state index in [1.807, 2.05) is 41.9 Å². The molecule has 2 heterocycles. The van der Waals surface area contributed by atoms with Gasteiger partial charge in [-0.1, -0.05) is 29.3 Å². The molecule has 100 valence electrons. The zero-order chi connectivity index (χ0) is 13.9. The standard InChI is InChI=1S/2C7H4ClNS/c8-5-1-2-6-7(3-5)10-4-9-6;8-5-2-1-3-6-7(5)10-4-9-6/h2*1-4H. The zero-order valence-corrected chi connectivity index (χ0v) is 13.2. The van der Waals surface area contributed by atoms with Gasteiger partial charge >= 0.3 is 0 Å². The molecule has 2 aromatic carbocycles. The molecule has 0 saturated carbocycles. The first-order valence-electron chi connectivity index (χ1n) is 5.70. The van der Waals surface area contributed by atoms with Crippen LogP contribution in [0.25, 0.3) is 20.4 Å². The Morgan fingerprint density at radius 2 is 1.65 bits per heavy atom. The van der Waals surface area contributed by atoms with E-state index < -0.39 is 0 Å². The van der Waals surface area contributed by atoms with Crippen LogP contribution in [0.15, 0.2) is 47.4 Å². The molecular weight excluding hydrogens is 331 g/mol. The summed E-state index contributed by atoms with van der Waals surface area (Å²) in [5.74, 6) is 0. The summed E-state index contributed by atoms with van der Waals surface area (Å²) in [7, 11) is 0. The van der Waals surface area contributed by atoms with E-state index >= 15 is 0 Å². The largest absolute Gasteiger partial charge is 0.245 e. The normalized spacial score (nSPS) is 10.5. The fourth-order valence-corrected chi connectivity index (χ4v) is 3.63. The van der Waals surface area contributed by atoms with Crippen LogP contribution >= 0.6 is 45.9 Å². The molecule has 0 aliphatic rings. The maximum atomic E-state index is 5.87. The third-order valence-electron chi connectivity index (χ3n) is 2.60. The Bertz CT molecular complexity index is 854. The van der Waals surface area contributed by atoms with E-state index in [0.29, 0.717) is 0 Å². The van der Waals surface area contributed by atoms with Crippen LogP contribution in [0.4, 0.5) is 0 Å². The summed E-state index contributed by atoms with van der Waals surface area (Å²) >= 11 is 14.8. The Morgan fingerprint density at radius 3 is 2.50 bits per heavy atom. The first kappa shape index (κ1) is 13.8. The molecule has 0 amide bonds. The Hall–Kier alpha value is -1.20. The summed E-state index contributed by atoms with van der Waals surface area (Å²) in [6.45, 7) is 0. The van der Waals surface area contributed by atoms with E-state index in [-0.39, 0.29) is 0 Å². The number of thiazole rings is 2. The van der Waals surface area contributed by atoms with Crippen molar-refractivity contribution >= 4 is 66.3 Å². The number of halogens is 2. The first-order valence-corrected chi connectivity index (χ1v) is 8.22. The van der Waals surface area contributed by atoms with Crippen molar-refractivity contribution in [1.29, 1.82) is 0 Å². The van der Waals surface area contributed by atoms with Crippen molar-refractivity contribution in [2.45, 2.75) is 0 Å². The third-order valence-corrected chi connectivity index (χ3v) is 4.93. The van der Waals surface area contributed by atoms with Crippen LogP contribution in [0.2, 0.25) is 10.0 Å². The molecule has 6 heteroatoms. The zero-order valence-electron chi connectivity index (χ0n) is 10.1. The Kier molecular flexibility index (Phi) is 4.17. The molecule has 2 nitrogen and oxygen atoms in total. The van der Waals surface area contributed by atoms with Crippen molar-refractivity contribution in [1.82, 2.24) is 9.97 Å². The minimum Gasteiger partial charge on any atom is -0.245 e. The monoisotopic (exact) mass is 338 g/mol. The number of aromatic nitrogens is 2. The van der Waals surface area contributed by atoms with Crippen LogP contribution in [0.3, 0.4) is 0 Å². The minimum atomic E-state index is 0.775. The fourth-order valence-electron chi connectivity index (χ4n) is 1.68. The van der Waals surface area contributed by atoms with Crippen LogP contribution in [0.5, 0.6) is 0 Å². The van der Waals surface area contributed by atoms with Crippen molar-refractivity contribution in [3.63, 3.8) is 0 Å². The molecule has 0 bridgehead atoms. The van der Waals surface area contributed by atoms with Gasteiger partial charge in [0.15, 0.2) is 0 Å². The highest BCUT2D eigenvalue weighted by Crippen LogP contribution is 2.25. The van der Waals surface area contributed by atoms with Gasteiger partial charge in [0.2, 0.25) is 0 Å². The second-order valence-electron chi connectivity index (χ2n) is 3.90. The molecular formula is C14H8Cl2N2S2. The molecule has 0 unspecified atom stereocenters. The van der Waals surface area contributed by atoms with Crippen molar-refractivity contribution < 1.29 is 0 Å². The maximum Gasteiger partial charge on any atom is 0.0827 e. The lowest BCUT2D eigenvalue weighted by Crippen LogP contribution is -1.65. The lowest BCUT2D eigenvalue weighted by Gasteiger charge is -1.87. The summed E-state index contributed by atoms with van der Waals surface area (Å²) in [5, 5.41) is 1.57. The molecule has 4 aromatic rings. The van der Waals surface area contributed by atoms with E-state index in [9.17, 15) is 0 Å². The van der Waals surface area contributed by atoms with E-state index in [0.717, 1.165) is 30.5 Å². The summed E-state index contributed by atoms with van der Waals surface area (Å²) in [4.78, 5) is 8.23. The van der Waals surface area contributed by atoms with Gasteiger partial charge < -0.3 is 0 Å². The molecule has 0 spiro atoms. The molecule has 4 rings (SSSR count). The highest BCUT2D eigenvalue weighted by atomic mass is 35.5. The Morgan fingerprint density at radius 1 is 0.850 bits per heavy atom. The average molecular weight is 339 g/mol. The van der Waals surface area contributed by atoms with Crippen LogP contribution in [-0.2, 0) is 0 Å². The second-order valence-corrected chi connectivity index (χ2v) is 6.49. The van der Waals surface area contributed by atoms with Crippen LogP contribution in [0, 0.1) is 0 Å². The quantitative estimate of drug-likeness (QED) is 0.399. The van der Waals surface area contributed by atoms with Gasteiger partial charge in [0, 0.05) is 5.02 Å². The third kappa shape index (κ3) is 2.94. The van der Waals surface area contributed by atoms with Crippen molar-refractivity contribution in [2.24, 2.45) is 0 Å². The van der Waals surface area contributed by atoms with Crippen molar-refractivity contribution in [2.75, 3.05) is 0 Å². The molecule has 2 aromatic heterocycles. The van der Waals surface area contributed by atoms with Gasteiger partial charge in [-0.15, -0.1) is 22.7 Å². The molecule has 0 radical (unpaired) electrons. The van der Waals surface area contributed by atoms with Crippen molar-refractivity contribution in [3.8, 4) is 0 Å². The minimum absolute atomic E-state index is 0.775.